The Morgan fingerprint density at radius 1 is 1.41 bits per heavy atom. The first kappa shape index (κ1) is 16.7. The van der Waals surface area contributed by atoms with Crippen LogP contribution in [0.2, 0.25) is 0 Å². The third-order valence-corrected chi connectivity index (χ3v) is 4.83. The van der Waals surface area contributed by atoms with Crippen LogP contribution in [0.5, 0.6) is 5.75 Å². The summed E-state index contributed by atoms with van der Waals surface area (Å²) in [6.07, 6.45) is 1.27. The van der Waals surface area contributed by atoms with Crippen molar-refractivity contribution in [3.05, 3.63) is 23.8 Å². The summed E-state index contributed by atoms with van der Waals surface area (Å²) in [6, 6.07) is 5.91. The number of amides is 1. The maximum Gasteiger partial charge on any atom is 0.271 e. The van der Waals surface area contributed by atoms with E-state index in [9.17, 15) is 4.79 Å². The van der Waals surface area contributed by atoms with Crippen molar-refractivity contribution >= 4 is 28.8 Å². The van der Waals surface area contributed by atoms with Gasteiger partial charge < -0.3 is 15.4 Å². The molecule has 0 spiro atoms. The van der Waals surface area contributed by atoms with Gasteiger partial charge in [-0.3, -0.25) is 4.79 Å². The lowest BCUT2D eigenvalue weighted by Crippen LogP contribution is -2.57. The summed E-state index contributed by atoms with van der Waals surface area (Å²) in [5, 5.41) is 0. The Morgan fingerprint density at radius 3 is 2.59 bits per heavy atom. The largest absolute Gasteiger partial charge is 0.475 e. The molecule has 0 radical (unpaired) electrons. The number of carbonyl (C=O) groups excluding carboxylic acids is 1. The summed E-state index contributed by atoms with van der Waals surface area (Å²) >= 11 is 5.07. The summed E-state index contributed by atoms with van der Waals surface area (Å²) in [4.78, 5) is 15.2. The van der Waals surface area contributed by atoms with E-state index in [0.717, 1.165) is 17.0 Å². The minimum atomic E-state index is -0.795. The maximum absolute atomic E-state index is 13.0. The number of rotatable bonds is 5. The van der Waals surface area contributed by atoms with Crippen LogP contribution in [-0.2, 0) is 4.79 Å². The van der Waals surface area contributed by atoms with Gasteiger partial charge in [-0.2, -0.15) is 0 Å². The quantitative estimate of drug-likeness (QED) is 0.847. The molecule has 1 unspecified atom stereocenters. The second kappa shape index (κ2) is 6.24. The summed E-state index contributed by atoms with van der Waals surface area (Å²) in [6.45, 7) is 8.41. The van der Waals surface area contributed by atoms with Crippen LogP contribution in [0.1, 0.15) is 39.2 Å². The van der Waals surface area contributed by atoms with E-state index >= 15 is 0 Å². The van der Waals surface area contributed by atoms with Crippen LogP contribution >= 0.6 is 12.2 Å². The molecule has 0 aromatic heterocycles. The predicted octanol–water partition coefficient (Wildman–Crippen LogP) is 3.20. The van der Waals surface area contributed by atoms with E-state index in [-0.39, 0.29) is 11.8 Å². The zero-order valence-corrected chi connectivity index (χ0v) is 14.5. The molecule has 0 saturated heterocycles. The highest BCUT2D eigenvalue weighted by Crippen LogP contribution is 2.41. The first-order chi connectivity index (χ1) is 10.3. The fourth-order valence-electron chi connectivity index (χ4n) is 2.78. The molecule has 2 N–H and O–H groups in total. The monoisotopic (exact) mass is 320 g/mol. The van der Waals surface area contributed by atoms with E-state index in [1.54, 1.807) is 4.90 Å². The number of carbonyl (C=O) groups is 1. The number of nitrogens with two attached hydrogens (primary N) is 1. The van der Waals surface area contributed by atoms with Crippen molar-refractivity contribution in [3.8, 4) is 5.75 Å². The van der Waals surface area contributed by atoms with E-state index in [4.69, 9.17) is 22.7 Å². The van der Waals surface area contributed by atoms with Crippen LogP contribution in [-0.4, -0.2) is 23.0 Å². The molecule has 5 heteroatoms. The number of anilines is 1. The van der Waals surface area contributed by atoms with Crippen molar-refractivity contribution in [3.63, 3.8) is 0 Å². The molecule has 0 bridgehead atoms. The highest BCUT2D eigenvalue weighted by atomic mass is 32.1. The molecule has 0 saturated carbocycles. The van der Waals surface area contributed by atoms with Crippen molar-refractivity contribution in [2.24, 2.45) is 11.7 Å². The number of fused-ring (bicyclic) bond motifs is 1. The van der Waals surface area contributed by atoms with E-state index in [1.165, 1.54) is 0 Å². The Morgan fingerprint density at radius 2 is 2.05 bits per heavy atom. The van der Waals surface area contributed by atoms with E-state index in [2.05, 4.69) is 0 Å². The SMILES string of the molecule is CCC1(CC)Oc2cc(C)ccc2N(CC(C)C(N)=S)C1=O. The van der Waals surface area contributed by atoms with Crippen LogP contribution < -0.4 is 15.4 Å². The van der Waals surface area contributed by atoms with Crippen molar-refractivity contribution in [2.75, 3.05) is 11.4 Å². The van der Waals surface area contributed by atoms with Gasteiger partial charge in [-0.25, -0.2) is 0 Å². The Bertz CT molecular complexity index is 596. The van der Waals surface area contributed by atoms with Gasteiger partial charge in [-0.15, -0.1) is 0 Å². The van der Waals surface area contributed by atoms with Crippen LogP contribution in [0.25, 0.3) is 0 Å². The van der Waals surface area contributed by atoms with Crippen molar-refractivity contribution < 1.29 is 9.53 Å². The van der Waals surface area contributed by atoms with Gasteiger partial charge in [0.1, 0.15) is 5.75 Å². The van der Waals surface area contributed by atoms with Gasteiger partial charge >= 0.3 is 0 Å². The second-order valence-electron chi connectivity index (χ2n) is 5.99. The zero-order chi connectivity index (χ0) is 16.5. The second-order valence-corrected chi connectivity index (χ2v) is 6.47. The van der Waals surface area contributed by atoms with E-state index < -0.39 is 5.60 Å². The van der Waals surface area contributed by atoms with Crippen LogP contribution in [0.15, 0.2) is 18.2 Å². The number of aryl methyl sites for hydroxylation is 1. The van der Waals surface area contributed by atoms with Crippen LogP contribution in [0.3, 0.4) is 0 Å². The Balaban J connectivity index is 2.50. The highest BCUT2D eigenvalue weighted by Gasteiger charge is 2.46. The smallest absolute Gasteiger partial charge is 0.271 e. The minimum absolute atomic E-state index is 0.00282. The van der Waals surface area contributed by atoms with Crippen molar-refractivity contribution in [1.29, 1.82) is 0 Å². The maximum atomic E-state index is 13.0. The Kier molecular flexibility index (Phi) is 4.75. The molecule has 1 atom stereocenters. The summed E-state index contributed by atoms with van der Waals surface area (Å²) in [7, 11) is 0. The molecule has 1 aromatic carbocycles. The van der Waals surface area contributed by atoms with Crippen molar-refractivity contribution in [2.45, 2.75) is 46.1 Å². The number of hydrogen-bond donors (Lipinski definition) is 1. The molecular weight excluding hydrogens is 296 g/mol. The Labute approximate surface area is 137 Å². The third kappa shape index (κ3) is 2.82. The Hall–Kier alpha value is -1.62. The normalized spacial score (nSPS) is 17.6. The third-order valence-electron chi connectivity index (χ3n) is 4.43. The number of thiocarbonyl (C=S) groups is 1. The van der Waals surface area contributed by atoms with E-state index in [1.807, 2.05) is 45.9 Å². The molecule has 0 fully saturated rings. The fraction of sp³-hybridized carbons (Fsp3) is 0.529. The molecule has 4 nitrogen and oxygen atoms in total. The number of hydrogen-bond acceptors (Lipinski definition) is 3. The zero-order valence-electron chi connectivity index (χ0n) is 13.7. The molecule has 1 aliphatic heterocycles. The predicted molar refractivity (Wildman–Crippen MR) is 93.4 cm³/mol. The van der Waals surface area contributed by atoms with E-state index in [0.29, 0.717) is 24.4 Å². The molecular formula is C17H24N2O2S. The van der Waals surface area contributed by atoms with Gasteiger partial charge in [-0.1, -0.05) is 39.1 Å². The molecule has 1 aliphatic rings. The molecule has 1 amide bonds. The molecule has 0 aliphatic carbocycles. The lowest BCUT2D eigenvalue weighted by molar-refractivity contribution is -0.136. The van der Waals surface area contributed by atoms with Crippen LogP contribution in [0, 0.1) is 12.8 Å². The summed E-state index contributed by atoms with van der Waals surface area (Å²) in [5.41, 5.74) is 6.85. The summed E-state index contributed by atoms with van der Waals surface area (Å²) < 4.78 is 6.13. The summed E-state index contributed by atoms with van der Waals surface area (Å²) in [5.74, 6) is 0.716. The topological polar surface area (TPSA) is 55.6 Å². The molecule has 1 heterocycles. The lowest BCUT2D eigenvalue weighted by Gasteiger charge is -2.42. The van der Waals surface area contributed by atoms with Crippen LogP contribution in [0.4, 0.5) is 5.69 Å². The molecule has 120 valence electrons. The number of nitrogens with zero attached hydrogens (tertiary/aromatic N) is 1. The molecule has 22 heavy (non-hydrogen) atoms. The highest BCUT2D eigenvalue weighted by molar-refractivity contribution is 7.80. The van der Waals surface area contributed by atoms with Gasteiger partial charge in [0.2, 0.25) is 0 Å². The lowest BCUT2D eigenvalue weighted by atomic mass is 9.92. The molecule has 1 aromatic rings. The first-order valence-electron chi connectivity index (χ1n) is 7.75. The fourth-order valence-corrected chi connectivity index (χ4v) is 2.85. The average molecular weight is 320 g/mol. The minimum Gasteiger partial charge on any atom is -0.475 e. The number of benzene rings is 1. The van der Waals surface area contributed by atoms with Gasteiger partial charge in [-0.05, 0) is 37.5 Å². The van der Waals surface area contributed by atoms with Gasteiger partial charge in [0, 0.05) is 12.5 Å². The first-order valence-corrected chi connectivity index (χ1v) is 8.16. The molecule has 2 rings (SSSR count). The van der Waals surface area contributed by atoms with Gasteiger partial charge in [0.25, 0.3) is 5.91 Å². The standard InChI is InChI=1S/C17H24N2O2S/c1-5-17(6-2)16(20)19(10-12(4)15(18)22)13-8-7-11(3)9-14(13)21-17/h7-9,12H,5-6,10H2,1-4H3,(H2,18,22). The van der Waals surface area contributed by atoms with Gasteiger partial charge in [0.15, 0.2) is 5.60 Å². The number of ether oxygens (including phenoxy) is 1. The van der Waals surface area contributed by atoms with Gasteiger partial charge in [0.05, 0.1) is 10.7 Å². The average Bonchev–Trinajstić information content (AvgIpc) is 2.49. The van der Waals surface area contributed by atoms with Crippen molar-refractivity contribution in [1.82, 2.24) is 0 Å².